The highest BCUT2D eigenvalue weighted by atomic mass is 35.5. The van der Waals surface area contributed by atoms with Crippen molar-refractivity contribution in [3.8, 4) is 11.3 Å². The lowest BCUT2D eigenvalue weighted by Crippen LogP contribution is -2.24. The van der Waals surface area contributed by atoms with E-state index in [1.807, 2.05) is 62.4 Å². The van der Waals surface area contributed by atoms with Gasteiger partial charge in [-0.05, 0) is 37.6 Å². The number of carbonyl (C=O) groups is 1. The fraction of sp³-hybridized carbons (Fsp3) is 0.182. The second kappa shape index (κ2) is 9.12. The van der Waals surface area contributed by atoms with Crippen LogP contribution in [0.4, 0.5) is 5.13 Å². The van der Waals surface area contributed by atoms with Crippen molar-refractivity contribution in [2.75, 3.05) is 5.32 Å². The van der Waals surface area contributed by atoms with E-state index in [0.29, 0.717) is 22.4 Å². The molecule has 0 spiro atoms. The molecule has 0 saturated carbocycles. The highest BCUT2D eigenvalue weighted by molar-refractivity contribution is 8.00. The molecule has 0 saturated heterocycles. The first kappa shape index (κ1) is 20.8. The average molecular weight is 455 g/mol. The molecule has 4 rings (SSSR count). The highest BCUT2D eigenvalue weighted by Gasteiger charge is 2.21. The van der Waals surface area contributed by atoms with Crippen LogP contribution >= 0.6 is 34.7 Å². The van der Waals surface area contributed by atoms with E-state index in [0.717, 1.165) is 26.5 Å². The van der Waals surface area contributed by atoms with Crippen LogP contribution in [0.1, 0.15) is 19.2 Å². The van der Waals surface area contributed by atoms with E-state index in [2.05, 4.69) is 20.3 Å². The Balaban J connectivity index is 1.52. The number of hydrogen-bond acceptors (Lipinski definition) is 6. The fourth-order valence-corrected chi connectivity index (χ4v) is 5.10. The molecule has 30 heavy (non-hydrogen) atoms. The third kappa shape index (κ3) is 4.80. The summed E-state index contributed by atoms with van der Waals surface area (Å²) in [6.07, 6.45) is 0.664. The summed E-state index contributed by atoms with van der Waals surface area (Å²) >= 11 is 8.90. The predicted molar refractivity (Wildman–Crippen MR) is 125 cm³/mol. The van der Waals surface area contributed by atoms with Crippen molar-refractivity contribution < 1.29 is 4.79 Å². The van der Waals surface area contributed by atoms with E-state index in [1.54, 1.807) is 6.07 Å². The van der Waals surface area contributed by atoms with Crippen LogP contribution in [0, 0.1) is 6.92 Å². The van der Waals surface area contributed by atoms with Gasteiger partial charge in [-0.3, -0.25) is 4.79 Å². The molecule has 1 amide bonds. The van der Waals surface area contributed by atoms with Crippen molar-refractivity contribution in [3.05, 3.63) is 65.4 Å². The Morgan fingerprint density at radius 3 is 2.70 bits per heavy atom. The Morgan fingerprint density at radius 2 is 1.93 bits per heavy atom. The number of halogens is 1. The number of anilines is 1. The van der Waals surface area contributed by atoms with Crippen LogP contribution in [0.25, 0.3) is 21.5 Å². The van der Waals surface area contributed by atoms with E-state index in [-0.39, 0.29) is 11.2 Å². The standard InChI is InChI=1S/C22H19ClN4OS2/c1-3-18(21(28)27-22-26-16-10-9-15(23)11-19(16)30-22)29-20-12-17(24-13(2)25-20)14-7-5-4-6-8-14/h4-12,18H,3H2,1-2H3,(H,26,27,28). The average Bonchev–Trinajstić information content (AvgIpc) is 3.13. The first-order valence-electron chi connectivity index (χ1n) is 9.46. The smallest absolute Gasteiger partial charge is 0.239 e. The van der Waals surface area contributed by atoms with Gasteiger partial charge in [0.05, 0.1) is 21.2 Å². The van der Waals surface area contributed by atoms with Crippen LogP contribution in [0.5, 0.6) is 0 Å². The molecule has 152 valence electrons. The van der Waals surface area contributed by atoms with E-state index in [1.165, 1.54) is 23.1 Å². The van der Waals surface area contributed by atoms with Crippen molar-refractivity contribution in [3.63, 3.8) is 0 Å². The van der Waals surface area contributed by atoms with Crippen LogP contribution in [0.15, 0.2) is 59.6 Å². The Hall–Kier alpha value is -2.48. The summed E-state index contributed by atoms with van der Waals surface area (Å²) < 4.78 is 0.942. The maximum Gasteiger partial charge on any atom is 0.239 e. The van der Waals surface area contributed by atoms with Crippen LogP contribution in [0.2, 0.25) is 5.02 Å². The van der Waals surface area contributed by atoms with Gasteiger partial charge in [0.2, 0.25) is 5.91 Å². The number of amides is 1. The van der Waals surface area contributed by atoms with Gasteiger partial charge in [-0.25, -0.2) is 15.0 Å². The Kier molecular flexibility index (Phi) is 6.32. The molecule has 2 aromatic heterocycles. The minimum absolute atomic E-state index is 0.0924. The van der Waals surface area contributed by atoms with Gasteiger partial charge in [-0.2, -0.15) is 0 Å². The van der Waals surface area contributed by atoms with Crippen molar-refractivity contribution >= 4 is 56.0 Å². The van der Waals surface area contributed by atoms with E-state index in [4.69, 9.17) is 11.6 Å². The number of nitrogens with zero attached hydrogens (tertiary/aromatic N) is 3. The normalized spacial score (nSPS) is 12.1. The van der Waals surface area contributed by atoms with Gasteiger partial charge in [0.15, 0.2) is 5.13 Å². The quantitative estimate of drug-likeness (QED) is 0.276. The number of benzene rings is 2. The number of aromatic nitrogens is 3. The second-order valence-corrected chi connectivity index (χ2v) is 9.33. The molecule has 8 heteroatoms. The number of thioether (sulfide) groups is 1. The van der Waals surface area contributed by atoms with E-state index < -0.39 is 0 Å². The minimum Gasteiger partial charge on any atom is -0.301 e. The molecule has 0 fully saturated rings. The minimum atomic E-state index is -0.293. The Morgan fingerprint density at radius 1 is 1.13 bits per heavy atom. The number of fused-ring (bicyclic) bond motifs is 1. The summed E-state index contributed by atoms with van der Waals surface area (Å²) in [5.74, 6) is 0.586. The summed E-state index contributed by atoms with van der Waals surface area (Å²) in [5.41, 5.74) is 2.69. The van der Waals surface area contributed by atoms with Gasteiger partial charge in [0, 0.05) is 10.6 Å². The van der Waals surface area contributed by atoms with Gasteiger partial charge in [-0.1, -0.05) is 72.0 Å². The number of hydrogen-bond donors (Lipinski definition) is 1. The second-order valence-electron chi connectivity index (χ2n) is 6.64. The number of thiazole rings is 1. The largest absolute Gasteiger partial charge is 0.301 e. The zero-order valence-corrected chi connectivity index (χ0v) is 18.8. The molecule has 0 aliphatic carbocycles. The SMILES string of the molecule is CCC(Sc1cc(-c2ccccc2)nc(C)n1)C(=O)Nc1nc2ccc(Cl)cc2s1. The molecule has 4 aromatic rings. The molecule has 1 unspecified atom stereocenters. The molecule has 0 radical (unpaired) electrons. The molecule has 2 heterocycles. The van der Waals surface area contributed by atoms with Gasteiger partial charge in [0.25, 0.3) is 0 Å². The molecular formula is C22H19ClN4OS2. The van der Waals surface area contributed by atoms with Gasteiger partial charge in [-0.15, -0.1) is 0 Å². The van der Waals surface area contributed by atoms with E-state index in [9.17, 15) is 4.79 Å². The van der Waals surface area contributed by atoms with Crippen molar-refractivity contribution in [1.29, 1.82) is 0 Å². The molecule has 0 aliphatic rings. The van der Waals surface area contributed by atoms with Gasteiger partial charge >= 0.3 is 0 Å². The highest BCUT2D eigenvalue weighted by Crippen LogP contribution is 2.31. The maximum atomic E-state index is 12.9. The molecule has 5 nitrogen and oxygen atoms in total. The molecule has 0 bridgehead atoms. The summed E-state index contributed by atoms with van der Waals surface area (Å²) in [4.78, 5) is 26.4. The number of aryl methyl sites for hydroxylation is 1. The molecule has 2 aromatic carbocycles. The van der Waals surface area contributed by atoms with Gasteiger partial charge in [0.1, 0.15) is 10.9 Å². The topological polar surface area (TPSA) is 67.8 Å². The van der Waals surface area contributed by atoms with E-state index >= 15 is 0 Å². The molecule has 1 N–H and O–H groups in total. The predicted octanol–water partition coefficient (Wildman–Crippen LogP) is 6.22. The van der Waals surface area contributed by atoms with Crippen molar-refractivity contribution in [2.24, 2.45) is 0 Å². The summed E-state index contributed by atoms with van der Waals surface area (Å²) in [6, 6.07) is 17.4. The van der Waals surface area contributed by atoms with Crippen LogP contribution in [-0.4, -0.2) is 26.1 Å². The lowest BCUT2D eigenvalue weighted by atomic mass is 10.1. The summed E-state index contributed by atoms with van der Waals surface area (Å²) in [5, 5.41) is 4.65. The Bertz CT molecular complexity index is 1200. The third-order valence-electron chi connectivity index (χ3n) is 4.39. The summed E-state index contributed by atoms with van der Waals surface area (Å²) in [7, 11) is 0. The first-order valence-corrected chi connectivity index (χ1v) is 11.5. The number of carbonyl (C=O) groups excluding carboxylic acids is 1. The number of rotatable bonds is 6. The molecule has 1 atom stereocenters. The summed E-state index contributed by atoms with van der Waals surface area (Å²) in [6.45, 7) is 3.85. The lowest BCUT2D eigenvalue weighted by molar-refractivity contribution is -0.115. The first-order chi connectivity index (χ1) is 14.5. The van der Waals surface area contributed by atoms with Crippen LogP contribution in [-0.2, 0) is 4.79 Å². The Labute approximate surface area is 187 Å². The van der Waals surface area contributed by atoms with Gasteiger partial charge < -0.3 is 5.32 Å². The van der Waals surface area contributed by atoms with Crippen molar-refractivity contribution in [2.45, 2.75) is 30.5 Å². The molecule has 0 aliphatic heterocycles. The monoisotopic (exact) mass is 454 g/mol. The van der Waals surface area contributed by atoms with Crippen LogP contribution in [0.3, 0.4) is 0 Å². The third-order valence-corrected chi connectivity index (χ3v) is 6.84. The fourth-order valence-electron chi connectivity index (χ4n) is 2.96. The number of nitrogens with one attached hydrogen (secondary N) is 1. The van der Waals surface area contributed by atoms with Crippen molar-refractivity contribution in [1.82, 2.24) is 15.0 Å². The zero-order valence-electron chi connectivity index (χ0n) is 16.4. The molecular weight excluding hydrogens is 436 g/mol. The van der Waals surface area contributed by atoms with Crippen LogP contribution < -0.4 is 5.32 Å². The maximum absolute atomic E-state index is 12.9. The zero-order chi connectivity index (χ0) is 21.1. The lowest BCUT2D eigenvalue weighted by Gasteiger charge is -2.14.